The van der Waals surface area contributed by atoms with Crippen LogP contribution in [0.5, 0.6) is 0 Å². The van der Waals surface area contributed by atoms with E-state index in [0.717, 1.165) is 43.4 Å². The molecule has 1 aliphatic rings. The third kappa shape index (κ3) is 11.9. The second-order valence-corrected chi connectivity index (χ2v) is 14.1. The van der Waals surface area contributed by atoms with E-state index in [1.54, 1.807) is 22.6 Å². The Hall–Kier alpha value is -0.291. The zero-order valence-corrected chi connectivity index (χ0v) is 27.6. The molecule has 0 N–H and O–H groups in total. The first kappa shape index (κ1) is 41.9. The van der Waals surface area contributed by atoms with E-state index in [4.69, 9.17) is 92.8 Å². The van der Waals surface area contributed by atoms with Gasteiger partial charge in [-0.2, -0.15) is 4.31 Å². The summed E-state index contributed by atoms with van der Waals surface area (Å²) in [7, 11) is 66.3. The minimum atomic E-state index is -3.42. The van der Waals surface area contributed by atoms with Crippen LogP contribution in [0, 0.1) is 6.92 Å². The zero-order valence-electron chi connectivity index (χ0n) is 26.8. The maximum absolute atomic E-state index is 13.0. The summed E-state index contributed by atoms with van der Waals surface area (Å²) >= 11 is 0. The molecule has 1 unspecified atom stereocenters. The average Bonchev–Trinajstić information content (AvgIpc) is 2.96. The van der Waals surface area contributed by atoms with Crippen molar-refractivity contribution in [2.45, 2.75) is 50.0 Å². The largest absolute Gasteiger partial charge is 0.261 e. The Balaban J connectivity index is 0.000000322. The van der Waals surface area contributed by atoms with Crippen molar-refractivity contribution >= 4 is 167 Å². The van der Waals surface area contributed by atoms with Crippen LogP contribution in [-0.4, -0.2) is 187 Å². The van der Waals surface area contributed by atoms with E-state index in [2.05, 4.69) is 4.98 Å². The van der Waals surface area contributed by atoms with E-state index in [1.807, 2.05) is 37.3 Å². The fourth-order valence-corrected chi connectivity index (χ4v) is 8.09. The zero-order chi connectivity index (χ0) is 34.8. The van der Waals surface area contributed by atoms with Gasteiger partial charge in [-0.3, -0.25) is 4.98 Å². The summed E-state index contributed by atoms with van der Waals surface area (Å²) in [6.07, 6.45) is -1.96. The third-order valence-electron chi connectivity index (χ3n) is 8.66. The van der Waals surface area contributed by atoms with Crippen molar-refractivity contribution in [3.8, 4) is 0 Å². The highest BCUT2D eigenvalue weighted by molar-refractivity contribution is 8.22. The van der Waals surface area contributed by atoms with E-state index in [9.17, 15) is 8.42 Å². The van der Waals surface area contributed by atoms with Gasteiger partial charge >= 0.3 is 0 Å². The molecular weight excluding hydrogens is 558 g/mol. The smallest absolute Gasteiger partial charge is 0.243 e. The summed E-state index contributed by atoms with van der Waals surface area (Å²) in [5.74, 6) is 0. The van der Waals surface area contributed by atoms with Gasteiger partial charge in [0.1, 0.15) is 0 Å². The Morgan fingerprint density at radius 3 is 1.59 bits per heavy atom. The number of sulfonamides is 1. The molecule has 0 bridgehead atoms. The summed E-state index contributed by atoms with van der Waals surface area (Å²) in [6.45, 7) is 2.58. The maximum atomic E-state index is 13.0. The van der Waals surface area contributed by atoms with Gasteiger partial charge in [-0.1, -0.05) is 30.2 Å². The first-order valence-electron chi connectivity index (χ1n) is 15.6. The molecule has 1 fully saturated rings. The number of nitrogens with zero attached hydrogens (tertiary/aromatic N) is 2. The van der Waals surface area contributed by atoms with Crippen molar-refractivity contribution in [2.75, 3.05) is 6.54 Å². The Kier molecular flexibility index (Phi) is 18.0. The molecule has 27 heteroatoms. The number of benzene rings is 1. The maximum Gasteiger partial charge on any atom is 0.243 e. The third-order valence-corrected chi connectivity index (χ3v) is 10.6. The minimum Gasteiger partial charge on any atom is -0.261 e. The Morgan fingerprint density at radius 1 is 0.696 bits per heavy atom. The molecule has 1 aromatic heterocycles. The van der Waals surface area contributed by atoms with Crippen molar-refractivity contribution in [1.29, 1.82) is 0 Å². The average molecular weight is 582 g/mol. The van der Waals surface area contributed by atoms with Crippen LogP contribution in [0.15, 0.2) is 53.6 Å². The molecule has 1 aliphatic heterocycles. The predicted molar refractivity (Wildman–Crippen MR) is 222 cm³/mol. The molecule has 0 aliphatic carbocycles. The van der Waals surface area contributed by atoms with Crippen LogP contribution < -0.4 is 0 Å². The number of hydrogen-bond acceptors (Lipinski definition) is 3. The number of piperidine rings is 1. The number of aryl methyl sites for hydroxylation is 2. The van der Waals surface area contributed by atoms with Gasteiger partial charge in [0.05, 0.1) is 4.90 Å². The highest BCUT2D eigenvalue weighted by Gasteiger charge is 2.46. The van der Waals surface area contributed by atoms with Crippen LogP contribution in [-0.2, 0) is 16.4 Å². The molecule has 0 saturated carbocycles. The minimum absolute atomic E-state index is 0.0621. The van der Waals surface area contributed by atoms with Gasteiger partial charge in [0.15, 0.2) is 0 Å². The van der Waals surface area contributed by atoms with E-state index >= 15 is 0 Å². The molecule has 3 rings (SSSR count). The van der Waals surface area contributed by atoms with Crippen molar-refractivity contribution in [2.24, 2.45) is 0 Å². The van der Waals surface area contributed by atoms with Crippen LogP contribution >= 0.6 is 0 Å². The molecule has 1 saturated heterocycles. The normalized spacial score (nSPS) is 14.5. The van der Waals surface area contributed by atoms with Crippen LogP contribution in [0.25, 0.3) is 0 Å². The summed E-state index contributed by atoms with van der Waals surface area (Å²) in [5, 5.41) is 0. The lowest BCUT2D eigenvalue weighted by atomic mass is 8.36. The van der Waals surface area contributed by atoms with Gasteiger partial charge in [-0.15, -0.1) is 0 Å². The molecule has 2 aromatic rings. The highest BCUT2D eigenvalue weighted by Crippen LogP contribution is 2.28. The Labute approximate surface area is 299 Å². The molecule has 0 spiro atoms. The highest BCUT2D eigenvalue weighted by atomic mass is 32.2. The summed E-state index contributed by atoms with van der Waals surface area (Å²) in [6, 6.07) is 13.1. The van der Waals surface area contributed by atoms with Crippen LogP contribution in [0.4, 0.5) is 0 Å². The molecule has 24 radical (unpaired) electrons. The summed E-state index contributed by atoms with van der Waals surface area (Å²) < 4.78 is 27.8. The second-order valence-electron chi connectivity index (χ2n) is 12.2. The molecule has 1 atom stereocenters. The summed E-state index contributed by atoms with van der Waals surface area (Å²) in [5.41, 5.74) is 2.09. The predicted octanol–water partition coefficient (Wildman–Crippen LogP) is -4.81. The molecule has 0 amide bonds. The lowest BCUT2D eigenvalue weighted by Gasteiger charge is -2.45. The van der Waals surface area contributed by atoms with Crippen LogP contribution in [0.1, 0.15) is 36.9 Å². The number of aromatic nitrogens is 1. The number of rotatable bonds is 14. The van der Waals surface area contributed by atoms with Gasteiger partial charge in [-0.25, -0.2) is 8.42 Å². The molecule has 2 heterocycles. The Morgan fingerprint density at radius 2 is 1.17 bits per heavy atom. The molecule has 1 aromatic carbocycles. The van der Waals surface area contributed by atoms with Crippen molar-refractivity contribution in [1.82, 2.24) is 9.29 Å². The van der Waals surface area contributed by atoms with Crippen LogP contribution in [0.2, 0.25) is 0 Å². The monoisotopic (exact) mass is 586 g/mol. The number of pyridine rings is 1. The van der Waals surface area contributed by atoms with Crippen molar-refractivity contribution in [3.05, 3.63) is 59.9 Å². The number of hydrogen-bond donors (Lipinski definition) is 0. The van der Waals surface area contributed by atoms with Crippen molar-refractivity contribution < 1.29 is 8.42 Å². The molecular formula is C19H24B22N2O2S. The summed E-state index contributed by atoms with van der Waals surface area (Å²) in [4.78, 5) is 4.75. The van der Waals surface area contributed by atoms with Gasteiger partial charge < -0.3 is 0 Å². The molecule has 46 heavy (non-hydrogen) atoms. The van der Waals surface area contributed by atoms with E-state index in [1.165, 1.54) is 0 Å². The fraction of sp³-hybridized carbons (Fsp3) is 0.421. The van der Waals surface area contributed by atoms with E-state index < -0.39 is 73.9 Å². The van der Waals surface area contributed by atoms with E-state index in [-0.39, 0.29) is 6.04 Å². The Bertz CT molecular complexity index is 1190. The standard InChI is InChI=1S/C19H24N2O2S.B22/c1-16-8-12-19(13-9-16)24(22,23)21-15-5-3-7-18(21)11-10-17-6-2-4-14-20-17;1-13(2)19(14(3)4)22(20(15(5)6)16(7)8)21(17(9)10)18(11)12/h2,4,6,8-9,12-14,18H,3,5,7,10-11,15H2,1H3;. The lowest BCUT2D eigenvalue weighted by Crippen LogP contribution is -2.83. The second kappa shape index (κ2) is 19.8. The molecule has 4 nitrogen and oxygen atoms in total. The van der Waals surface area contributed by atoms with Gasteiger partial charge in [0.2, 0.25) is 10.0 Å². The SMILES string of the molecule is Cc1ccc(S(=O)(=O)N2CCCCC2CCc2ccccn2)cc1.[B]B([B])B(B([B])[B])B(B(B([B])[B])B([B])[B])B(B([B])[B])B([B])[B]. The van der Waals surface area contributed by atoms with Crippen LogP contribution in [0.3, 0.4) is 0 Å². The topological polar surface area (TPSA) is 50.3 Å². The van der Waals surface area contributed by atoms with Crippen molar-refractivity contribution in [3.63, 3.8) is 0 Å². The van der Waals surface area contributed by atoms with Gasteiger partial charge in [-0.05, 0) is 56.9 Å². The fourth-order valence-electron chi connectivity index (χ4n) is 6.36. The first-order valence-corrected chi connectivity index (χ1v) is 17.0. The lowest BCUT2D eigenvalue weighted by molar-refractivity contribution is 0.240. The molecule has 194 valence electrons. The first-order chi connectivity index (χ1) is 21.5. The van der Waals surface area contributed by atoms with Gasteiger partial charge in [0, 0.05) is 181 Å². The van der Waals surface area contributed by atoms with E-state index in [0.29, 0.717) is 11.4 Å². The quantitative estimate of drug-likeness (QED) is 0.211. The van der Waals surface area contributed by atoms with Gasteiger partial charge in [0.25, 0.3) is 0 Å².